The Morgan fingerprint density at radius 1 is 0.529 bits per heavy atom. The molecule has 0 saturated carbocycles. The van der Waals surface area contributed by atoms with Gasteiger partial charge in [-0.25, -0.2) is 0 Å². The standard InChI is InChI=1S/C9H24O4P4/c1-14(2,10)7-17(13,8-15(3,4)11)9-16(5,6)12/h7-9H2,1-6H3. The Hall–Kier alpha value is 0.920. The molecule has 0 rings (SSSR count). The van der Waals surface area contributed by atoms with Gasteiger partial charge in [0.2, 0.25) is 0 Å². The van der Waals surface area contributed by atoms with Gasteiger partial charge in [0.15, 0.2) is 0 Å². The Balaban J connectivity index is 5.24. The molecule has 0 bridgehead atoms. The zero-order chi connectivity index (χ0) is 14.1. The molecule has 0 aromatic heterocycles. The molecule has 17 heavy (non-hydrogen) atoms. The lowest BCUT2D eigenvalue weighted by atomic mass is 11.8. The van der Waals surface area contributed by atoms with E-state index in [9.17, 15) is 18.3 Å². The third kappa shape index (κ3) is 10.5. The fourth-order valence-corrected chi connectivity index (χ4v) is 20.4. The van der Waals surface area contributed by atoms with Crippen LogP contribution in [0.5, 0.6) is 0 Å². The van der Waals surface area contributed by atoms with Crippen molar-refractivity contribution in [2.24, 2.45) is 0 Å². The molecule has 0 atom stereocenters. The summed E-state index contributed by atoms with van der Waals surface area (Å²) in [6.45, 7) is 9.45. The summed E-state index contributed by atoms with van der Waals surface area (Å²) in [6, 6.07) is 0. The quantitative estimate of drug-likeness (QED) is 0.691. The van der Waals surface area contributed by atoms with Gasteiger partial charge in [-0.3, -0.25) is 0 Å². The lowest BCUT2D eigenvalue weighted by molar-refractivity contribution is 0.570. The van der Waals surface area contributed by atoms with Gasteiger partial charge in [-0.1, -0.05) is 0 Å². The molecule has 0 aliphatic carbocycles. The van der Waals surface area contributed by atoms with Crippen molar-refractivity contribution in [1.82, 2.24) is 0 Å². The Morgan fingerprint density at radius 3 is 0.824 bits per heavy atom. The normalized spacial score (nSPS) is 14.9. The van der Waals surface area contributed by atoms with Gasteiger partial charge in [0.25, 0.3) is 0 Å². The second-order valence-electron chi connectivity index (χ2n) is 6.20. The van der Waals surface area contributed by atoms with Gasteiger partial charge >= 0.3 is 0 Å². The van der Waals surface area contributed by atoms with Gasteiger partial charge in [-0.15, -0.1) is 0 Å². The molecule has 104 valence electrons. The van der Waals surface area contributed by atoms with Gasteiger partial charge in [0.1, 0.15) is 7.14 Å². The third-order valence-electron chi connectivity index (χ3n) is 1.79. The van der Waals surface area contributed by atoms with E-state index in [-0.39, 0.29) is 17.7 Å². The molecule has 0 spiro atoms. The first kappa shape index (κ1) is 17.9. The largest absolute Gasteiger partial charge is 0.324 e. The fraction of sp³-hybridized carbons (Fsp3) is 1.00. The first-order chi connectivity index (χ1) is 7.12. The van der Waals surface area contributed by atoms with Crippen LogP contribution in [0.3, 0.4) is 0 Å². The van der Waals surface area contributed by atoms with E-state index >= 15 is 0 Å². The molecular weight excluding hydrogens is 296 g/mol. The van der Waals surface area contributed by atoms with Crippen molar-refractivity contribution < 1.29 is 18.3 Å². The van der Waals surface area contributed by atoms with Crippen molar-refractivity contribution in [3.8, 4) is 0 Å². The lowest BCUT2D eigenvalue weighted by Crippen LogP contribution is -2.01. The van der Waals surface area contributed by atoms with Gasteiger partial charge < -0.3 is 18.3 Å². The average Bonchev–Trinajstić information content (AvgIpc) is 1.65. The van der Waals surface area contributed by atoms with E-state index in [0.717, 1.165) is 0 Å². The molecule has 0 aromatic carbocycles. The second-order valence-corrected chi connectivity index (χ2v) is 21.2. The molecule has 8 heteroatoms. The van der Waals surface area contributed by atoms with Crippen molar-refractivity contribution in [2.75, 3.05) is 57.7 Å². The number of hydrogen-bond acceptors (Lipinski definition) is 4. The summed E-state index contributed by atoms with van der Waals surface area (Å²) in [5.41, 5.74) is 0. The van der Waals surface area contributed by atoms with Gasteiger partial charge in [0.05, 0.1) is 39.1 Å². The molecule has 0 amide bonds. The van der Waals surface area contributed by atoms with Crippen LogP contribution in [0.15, 0.2) is 0 Å². The highest BCUT2D eigenvalue weighted by Crippen LogP contribution is 2.69. The van der Waals surface area contributed by atoms with Crippen LogP contribution < -0.4 is 0 Å². The number of rotatable bonds is 6. The Kier molecular flexibility index (Phi) is 5.80. The summed E-state index contributed by atoms with van der Waals surface area (Å²) in [4.78, 5) is 0. The molecule has 0 aliphatic rings. The zero-order valence-corrected chi connectivity index (χ0v) is 15.1. The van der Waals surface area contributed by atoms with Crippen molar-refractivity contribution >= 4 is 28.6 Å². The van der Waals surface area contributed by atoms with Crippen LogP contribution in [-0.2, 0) is 18.3 Å². The molecule has 0 aliphatic heterocycles. The van der Waals surface area contributed by atoms with Crippen LogP contribution >= 0.6 is 28.6 Å². The molecule has 0 aromatic rings. The SMILES string of the molecule is CP(C)(=O)CP(=O)(CP(C)(C)=O)CP(C)(C)=O. The van der Waals surface area contributed by atoms with Crippen LogP contribution in [-0.4, -0.2) is 57.7 Å². The third-order valence-corrected chi connectivity index (χ3v) is 16.2. The maximum atomic E-state index is 12.7. The highest BCUT2D eigenvalue weighted by molar-refractivity contribution is 7.91. The van der Waals surface area contributed by atoms with E-state index in [1.807, 2.05) is 0 Å². The molecule has 4 nitrogen and oxygen atoms in total. The summed E-state index contributed by atoms with van der Waals surface area (Å²) < 4.78 is 48.3. The molecule has 0 radical (unpaired) electrons. The minimum Gasteiger partial charge on any atom is -0.324 e. The Labute approximate surface area is 105 Å². The smallest absolute Gasteiger partial charge is 0.109 e. The molecule has 0 heterocycles. The van der Waals surface area contributed by atoms with Crippen molar-refractivity contribution in [1.29, 1.82) is 0 Å². The first-order valence-corrected chi connectivity index (χ1v) is 15.9. The van der Waals surface area contributed by atoms with Crippen LogP contribution in [0.4, 0.5) is 0 Å². The van der Waals surface area contributed by atoms with E-state index in [4.69, 9.17) is 0 Å². The summed E-state index contributed by atoms with van der Waals surface area (Å²) in [6.07, 6.45) is 0. The van der Waals surface area contributed by atoms with Gasteiger partial charge in [-0.2, -0.15) is 0 Å². The summed E-state index contributed by atoms with van der Waals surface area (Å²) in [5.74, 6) is 0.242. The number of hydrogen-bond donors (Lipinski definition) is 0. The zero-order valence-electron chi connectivity index (χ0n) is 11.5. The van der Waals surface area contributed by atoms with Crippen LogP contribution in [0.25, 0.3) is 0 Å². The predicted molar refractivity (Wildman–Crippen MR) is 80.6 cm³/mol. The Bertz CT molecular complexity index is 383. The van der Waals surface area contributed by atoms with Crippen LogP contribution in [0.1, 0.15) is 0 Å². The van der Waals surface area contributed by atoms with Crippen LogP contribution in [0, 0.1) is 0 Å². The molecule has 0 fully saturated rings. The van der Waals surface area contributed by atoms with Crippen molar-refractivity contribution in [3.63, 3.8) is 0 Å². The highest BCUT2D eigenvalue weighted by Gasteiger charge is 2.35. The van der Waals surface area contributed by atoms with Gasteiger partial charge in [-0.05, 0) is 40.0 Å². The second kappa shape index (κ2) is 5.50. The predicted octanol–water partition coefficient (Wildman–Crippen LogP) is 4.09. The molecule has 0 N–H and O–H groups in total. The van der Waals surface area contributed by atoms with Crippen LogP contribution in [0.2, 0.25) is 0 Å². The summed E-state index contributed by atoms with van der Waals surface area (Å²) >= 11 is 0. The highest BCUT2D eigenvalue weighted by atomic mass is 31.3. The topological polar surface area (TPSA) is 68.3 Å². The fourth-order valence-electron chi connectivity index (χ4n) is 2.00. The minimum atomic E-state index is -2.87. The first-order valence-electron chi connectivity index (χ1n) is 5.31. The Morgan fingerprint density at radius 2 is 0.706 bits per heavy atom. The van der Waals surface area contributed by atoms with Gasteiger partial charge in [0, 0.05) is 0 Å². The lowest BCUT2D eigenvalue weighted by Gasteiger charge is -2.24. The van der Waals surface area contributed by atoms with E-state index in [0.29, 0.717) is 0 Å². The molecule has 0 unspecified atom stereocenters. The summed E-state index contributed by atoms with van der Waals surface area (Å²) in [5, 5.41) is 0. The van der Waals surface area contributed by atoms with Crippen molar-refractivity contribution in [3.05, 3.63) is 0 Å². The minimum absolute atomic E-state index is 0.0807. The van der Waals surface area contributed by atoms with Crippen molar-refractivity contribution in [2.45, 2.75) is 0 Å². The van der Waals surface area contributed by atoms with E-state index in [1.54, 1.807) is 40.0 Å². The maximum absolute atomic E-state index is 12.7. The van der Waals surface area contributed by atoms with E-state index in [1.165, 1.54) is 0 Å². The van der Waals surface area contributed by atoms with E-state index in [2.05, 4.69) is 0 Å². The average molecular weight is 320 g/mol. The maximum Gasteiger partial charge on any atom is 0.109 e. The summed E-state index contributed by atoms with van der Waals surface area (Å²) in [7, 11) is -10.3. The molecular formula is C9H24O4P4. The molecule has 0 saturated heterocycles. The van der Waals surface area contributed by atoms with E-state index < -0.39 is 28.6 Å². The monoisotopic (exact) mass is 320 g/mol.